The summed E-state index contributed by atoms with van der Waals surface area (Å²) in [5.74, 6) is -1.34. The molecule has 0 spiro atoms. The number of carbonyl (C=O) groups is 2. The second kappa shape index (κ2) is 4.41. The zero-order valence-electron chi connectivity index (χ0n) is 8.56. The molecule has 1 fully saturated rings. The summed E-state index contributed by atoms with van der Waals surface area (Å²) < 4.78 is 0. The van der Waals surface area contributed by atoms with Crippen molar-refractivity contribution in [2.24, 2.45) is 5.92 Å². The minimum absolute atomic E-state index is 0.0495. The molecule has 5 heteroatoms. The SMILES string of the molecule is CC(=O)N1CCN(C)CC(C(=O)O)C1. The predicted octanol–water partition coefficient (Wildman–Crippen LogP) is -0.519. The molecule has 0 aromatic rings. The number of nitrogens with zero attached hydrogens (tertiary/aromatic N) is 2. The van der Waals surface area contributed by atoms with Crippen molar-refractivity contribution in [1.29, 1.82) is 0 Å². The van der Waals surface area contributed by atoms with E-state index in [-0.39, 0.29) is 5.91 Å². The topological polar surface area (TPSA) is 60.9 Å². The Morgan fingerprint density at radius 2 is 1.93 bits per heavy atom. The van der Waals surface area contributed by atoms with Gasteiger partial charge in [-0.2, -0.15) is 0 Å². The molecule has 1 amide bonds. The van der Waals surface area contributed by atoms with Gasteiger partial charge in [0.15, 0.2) is 0 Å². The molecular weight excluding hydrogens is 184 g/mol. The van der Waals surface area contributed by atoms with Crippen molar-refractivity contribution in [3.63, 3.8) is 0 Å². The number of likely N-dealkylation sites (N-methyl/N-ethyl adjacent to an activating group) is 1. The van der Waals surface area contributed by atoms with E-state index in [1.165, 1.54) is 6.92 Å². The van der Waals surface area contributed by atoms with E-state index in [0.717, 1.165) is 6.54 Å². The summed E-state index contributed by atoms with van der Waals surface area (Å²) in [6.07, 6.45) is 0. The fourth-order valence-electron chi connectivity index (χ4n) is 1.62. The molecule has 5 nitrogen and oxygen atoms in total. The average molecular weight is 200 g/mol. The van der Waals surface area contributed by atoms with Crippen LogP contribution in [0.15, 0.2) is 0 Å². The van der Waals surface area contributed by atoms with Gasteiger partial charge in [0.2, 0.25) is 5.91 Å². The molecule has 0 aliphatic carbocycles. The van der Waals surface area contributed by atoms with Crippen molar-refractivity contribution in [2.45, 2.75) is 6.92 Å². The molecule has 1 saturated heterocycles. The first-order valence-corrected chi connectivity index (χ1v) is 4.67. The zero-order valence-corrected chi connectivity index (χ0v) is 8.56. The van der Waals surface area contributed by atoms with Crippen molar-refractivity contribution in [3.05, 3.63) is 0 Å². The smallest absolute Gasteiger partial charge is 0.309 e. The fourth-order valence-corrected chi connectivity index (χ4v) is 1.62. The van der Waals surface area contributed by atoms with E-state index in [1.54, 1.807) is 4.90 Å². The van der Waals surface area contributed by atoms with E-state index < -0.39 is 11.9 Å². The van der Waals surface area contributed by atoms with E-state index >= 15 is 0 Å². The third-order valence-corrected chi connectivity index (χ3v) is 2.52. The Hall–Kier alpha value is -1.10. The Morgan fingerprint density at radius 1 is 1.29 bits per heavy atom. The van der Waals surface area contributed by atoms with Crippen molar-refractivity contribution >= 4 is 11.9 Å². The van der Waals surface area contributed by atoms with Gasteiger partial charge in [0.1, 0.15) is 0 Å². The molecule has 0 saturated carbocycles. The molecule has 1 aliphatic rings. The minimum Gasteiger partial charge on any atom is -0.481 e. The summed E-state index contributed by atoms with van der Waals surface area (Å²) in [4.78, 5) is 25.5. The summed E-state index contributed by atoms with van der Waals surface area (Å²) in [6, 6.07) is 0. The first kappa shape index (κ1) is 11.0. The van der Waals surface area contributed by atoms with Crippen LogP contribution in [-0.2, 0) is 9.59 Å². The lowest BCUT2D eigenvalue weighted by Gasteiger charge is -2.19. The van der Waals surface area contributed by atoms with Crippen LogP contribution in [0.3, 0.4) is 0 Å². The van der Waals surface area contributed by atoms with Crippen LogP contribution < -0.4 is 0 Å². The molecular formula is C9H16N2O3. The van der Waals surface area contributed by atoms with Gasteiger partial charge in [-0.05, 0) is 7.05 Å². The van der Waals surface area contributed by atoms with E-state index in [9.17, 15) is 9.59 Å². The Labute approximate surface area is 83.3 Å². The maximum Gasteiger partial charge on any atom is 0.309 e. The first-order chi connectivity index (χ1) is 6.50. The van der Waals surface area contributed by atoms with Gasteiger partial charge in [0, 0.05) is 33.1 Å². The van der Waals surface area contributed by atoms with E-state index in [2.05, 4.69) is 0 Å². The minimum atomic E-state index is -0.829. The summed E-state index contributed by atoms with van der Waals surface area (Å²) in [5, 5.41) is 8.92. The maximum atomic E-state index is 11.1. The van der Waals surface area contributed by atoms with Gasteiger partial charge < -0.3 is 14.9 Å². The van der Waals surface area contributed by atoms with Crippen LogP contribution in [0.5, 0.6) is 0 Å². The van der Waals surface area contributed by atoms with Gasteiger partial charge in [-0.25, -0.2) is 0 Å². The van der Waals surface area contributed by atoms with Crippen molar-refractivity contribution in [2.75, 3.05) is 33.2 Å². The van der Waals surface area contributed by atoms with Gasteiger partial charge >= 0.3 is 5.97 Å². The number of hydrogen-bond donors (Lipinski definition) is 1. The van der Waals surface area contributed by atoms with Crippen molar-refractivity contribution in [1.82, 2.24) is 9.80 Å². The monoisotopic (exact) mass is 200 g/mol. The molecule has 80 valence electrons. The number of carboxylic acid groups (broad SMARTS) is 1. The first-order valence-electron chi connectivity index (χ1n) is 4.67. The third-order valence-electron chi connectivity index (χ3n) is 2.52. The summed E-state index contributed by atoms with van der Waals surface area (Å²) >= 11 is 0. The molecule has 14 heavy (non-hydrogen) atoms. The van der Waals surface area contributed by atoms with Crippen LogP contribution in [0.25, 0.3) is 0 Å². The number of carboxylic acids is 1. The Kier molecular flexibility index (Phi) is 3.46. The van der Waals surface area contributed by atoms with Crippen LogP contribution >= 0.6 is 0 Å². The Bertz CT molecular complexity index is 242. The number of aliphatic carboxylic acids is 1. The number of hydrogen-bond acceptors (Lipinski definition) is 3. The molecule has 0 aromatic heterocycles. The highest BCUT2D eigenvalue weighted by atomic mass is 16.4. The lowest BCUT2D eigenvalue weighted by molar-refractivity contribution is -0.143. The lowest BCUT2D eigenvalue weighted by Crippen LogP contribution is -2.36. The largest absolute Gasteiger partial charge is 0.481 e. The summed E-state index contributed by atoms with van der Waals surface area (Å²) in [6.45, 7) is 3.68. The summed E-state index contributed by atoms with van der Waals surface area (Å²) in [5.41, 5.74) is 0. The van der Waals surface area contributed by atoms with E-state index in [4.69, 9.17) is 5.11 Å². The summed E-state index contributed by atoms with van der Waals surface area (Å²) in [7, 11) is 1.87. The third kappa shape index (κ3) is 2.70. The number of amides is 1. The van der Waals surface area contributed by atoms with Crippen LogP contribution in [0, 0.1) is 5.92 Å². The molecule has 1 aliphatic heterocycles. The van der Waals surface area contributed by atoms with Gasteiger partial charge in [-0.1, -0.05) is 0 Å². The molecule has 1 unspecified atom stereocenters. The molecule has 0 aromatic carbocycles. The lowest BCUT2D eigenvalue weighted by atomic mass is 10.1. The molecule has 1 rings (SSSR count). The average Bonchev–Trinajstić information content (AvgIpc) is 2.26. The highest BCUT2D eigenvalue weighted by molar-refractivity contribution is 5.75. The van der Waals surface area contributed by atoms with Crippen LogP contribution in [0.1, 0.15) is 6.92 Å². The second-order valence-corrected chi connectivity index (χ2v) is 3.76. The highest BCUT2D eigenvalue weighted by Crippen LogP contribution is 2.08. The molecule has 1 heterocycles. The predicted molar refractivity (Wildman–Crippen MR) is 50.9 cm³/mol. The van der Waals surface area contributed by atoms with E-state index in [1.807, 2.05) is 11.9 Å². The van der Waals surface area contributed by atoms with Crippen LogP contribution in [0.2, 0.25) is 0 Å². The molecule has 1 atom stereocenters. The van der Waals surface area contributed by atoms with Gasteiger partial charge in [0.05, 0.1) is 5.92 Å². The molecule has 1 N–H and O–H groups in total. The number of rotatable bonds is 1. The highest BCUT2D eigenvalue weighted by Gasteiger charge is 2.26. The van der Waals surface area contributed by atoms with Gasteiger partial charge in [-0.3, -0.25) is 9.59 Å². The molecule has 0 bridgehead atoms. The Balaban J connectivity index is 2.68. The number of carbonyl (C=O) groups excluding carboxylic acids is 1. The van der Waals surface area contributed by atoms with Gasteiger partial charge in [0.25, 0.3) is 0 Å². The van der Waals surface area contributed by atoms with E-state index in [0.29, 0.717) is 19.6 Å². The normalized spacial score (nSPS) is 24.4. The van der Waals surface area contributed by atoms with Gasteiger partial charge in [-0.15, -0.1) is 0 Å². The fraction of sp³-hybridized carbons (Fsp3) is 0.778. The van der Waals surface area contributed by atoms with Crippen molar-refractivity contribution < 1.29 is 14.7 Å². The quantitative estimate of drug-likeness (QED) is 0.619. The zero-order chi connectivity index (χ0) is 10.7. The maximum absolute atomic E-state index is 11.1. The Morgan fingerprint density at radius 3 is 2.43 bits per heavy atom. The standard InChI is InChI=1S/C9H16N2O3/c1-7(12)11-4-3-10(2)5-8(6-11)9(13)14/h8H,3-6H2,1-2H3,(H,13,14). The van der Waals surface area contributed by atoms with Crippen LogP contribution in [0.4, 0.5) is 0 Å². The van der Waals surface area contributed by atoms with Crippen molar-refractivity contribution in [3.8, 4) is 0 Å². The van der Waals surface area contributed by atoms with Crippen LogP contribution in [-0.4, -0.2) is 60.0 Å². The second-order valence-electron chi connectivity index (χ2n) is 3.76. The molecule has 0 radical (unpaired) electrons.